The van der Waals surface area contributed by atoms with Crippen molar-refractivity contribution in [2.24, 2.45) is 0 Å². The Morgan fingerprint density at radius 1 is 1.33 bits per heavy atom. The van der Waals surface area contributed by atoms with Gasteiger partial charge in [-0.05, 0) is 25.7 Å². The summed E-state index contributed by atoms with van der Waals surface area (Å²) in [4.78, 5) is 23.5. The molecule has 0 radical (unpaired) electrons. The Morgan fingerprint density at radius 2 is 2.14 bits per heavy atom. The topological polar surface area (TPSA) is 102 Å². The Hall–Kier alpha value is -1.89. The average Bonchev–Trinajstić information content (AvgIpc) is 3.04. The van der Waals surface area contributed by atoms with Crippen LogP contribution in [0, 0.1) is 0 Å². The molecule has 1 aromatic rings. The number of fused-ring (bicyclic) bond motifs is 1. The molecule has 1 fully saturated rings. The minimum absolute atomic E-state index is 0.154. The zero-order valence-electron chi connectivity index (χ0n) is 11.7. The van der Waals surface area contributed by atoms with E-state index in [4.69, 9.17) is 14.4 Å². The molecule has 2 N–H and O–H groups in total. The molecule has 1 amide bonds. The third kappa shape index (κ3) is 2.78. The monoisotopic (exact) mass is 294 g/mol. The quantitative estimate of drug-likeness (QED) is 0.856. The number of hydrogen-bond acceptors (Lipinski definition) is 5. The maximum atomic E-state index is 12.4. The molecule has 7 nitrogen and oxygen atoms in total. The number of carbonyl (C=O) groups excluding carboxylic acids is 1. The van der Waals surface area contributed by atoms with Gasteiger partial charge in [-0.3, -0.25) is 9.59 Å². The van der Waals surface area contributed by atoms with Gasteiger partial charge in [0.2, 0.25) is 0 Å². The zero-order chi connectivity index (χ0) is 14.9. The summed E-state index contributed by atoms with van der Waals surface area (Å²) in [5.41, 5.74) is 0.313. The Morgan fingerprint density at radius 3 is 2.86 bits per heavy atom. The summed E-state index contributed by atoms with van der Waals surface area (Å²) in [6.45, 7) is 0.662. The third-order valence-corrected chi connectivity index (χ3v) is 4.14. The predicted octanol–water partition coefficient (Wildman–Crippen LogP) is 0.917. The van der Waals surface area contributed by atoms with Crippen LogP contribution in [0.25, 0.3) is 0 Å². The molecule has 1 unspecified atom stereocenters. The number of carboxylic acids is 1. The van der Waals surface area contributed by atoms with Gasteiger partial charge in [0.05, 0.1) is 18.6 Å². The van der Waals surface area contributed by atoms with E-state index in [0.29, 0.717) is 18.7 Å². The smallest absolute Gasteiger partial charge is 0.305 e. The molecule has 1 atom stereocenters. The lowest BCUT2D eigenvalue weighted by atomic mass is 9.92. The van der Waals surface area contributed by atoms with Crippen LogP contribution in [0.3, 0.4) is 0 Å². The lowest BCUT2D eigenvalue weighted by Gasteiger charge is -2.26. The van der Waals surface area contributed by atoms with Gasteiger partial charge in [-0.15, -0.1) is 0 Å². The summed E-state index contributed by atoms with van der Waals surface area (Å²) < 4.78 is 10.5. The van der Waals surface area contributed by atoms with Crippen molar-refractivity contribution in [3.8, 4) is 0 Å². The van der Waals surface area contributed by atoms with Gasteiger partial charge in [-0.1, -0.05) is 5.16 Å². The normalized spacial score (nSPS) is 24.6. The number of nitrogens with zero attached hydrogens (tertiary/aromatic N) is 1. The van der Waals surface area contributed by atoms with Gasteiger partial charge in [0, 0.05) is 18.6 Å². The van der Waals surface area contributed by atoms with E-state index < -0.39 is 11.5 Å². The van der Waals surface area contributed by atoms with Crippen molar-refractivity contribution >= 4 is 11.9 Å². The molecule has 3 rings (SSSR count). The molecule has 114 valence electrons. The summed E-state index contributed by atoms with van der Waals surface area (Å²) in [6.07, 6.45) is 3.98. The van der Waals surface area contributed by atoms with E-state index in [1.807, 2.05) is 0 Å². The minimum Gasteiger partial charge on any atom is -0.481 e. The highest BCUT2D eigenvalue weighted by Crippen LogP contribution is 2.27. The maximum Gasteiger partial charge on any atom is 0.305 e. The summed E-state index contributed by atoms with van der Waals surface area (Å²) in [5, 5.41) is 15.7. The Balaban J connectivity index is 1.78. The molecule has 7 heteroatoms. The van der Waals surface area contributed by atoms with Crippen LogP contribution in [-0.2, 0) is 22.4 Å². The molecule has 0 spiro atoms. The highest BCUT2D eigenvalue weighted by atomic mass is 16.5. The fourth-order valence-electron chi connectivity index (χ4n) is 3.04. The van der Waals surface area contributed by atoms with E-state index in [2.05, 4.69) is 10.5 Å². The van der Waals surface area contributed by atoms with Crippen molar-refractivity contribution in [3.63, 3.8) is 0 Å². The molecular formula is C14H18N2O5. The number of carboxylic acid groups (broad SMARTS) is 1. The predicted molar refractivity (Wildman–Crippen MR) is 71.0 cm³/mol. The summed E-state index contributed by atoms with van der Waals surface area (Å²) in [6, 6.07) is 0. The number of nitrogens with one attached hydrogen (secondary N) is 1. The number of aryl methyl sites for hydroxylation is 1. The Kier molecular flexibility index (Phi) is 3.67. The largest absolute Gasteiger partial charge is 0.481 e. The van der Waals surface area contributed by atoms with Crippen LogP contribution in [0.4, 0.5) is 0 Å². The Labute approximate surface area is 121 Å². The van der Waals surface area contributed by atoms with Gasteiger partial charge in [-0.25, -0.2) is 0 Å². The molecule has 1 aliphatic carbocycles. The van der Waals surface area contributed by atoms with Crippen LogP contribution in [0.1, 0.15) is 47.5 Å². The van der Waals surface area contributed by atoms with Crippen LogP contribution in [0.2, 0.25) is 0 Å². The Bertz CT molecular complexity index is 560. The number of aliphatic carboxylic acids is 1. The van der Waals surface area contributed by atoms with Crippen LogP contribution in [0.15, 0.2) is 4.52 Å². The van der Waals surface area contributed by atoms with Crippen LogP contribution >= 0.6 is 0 Å². The summed E-state index contributed by atoms with van der Waals surface area (Å²) >= 11 is 0. The first-order valence-electron chi connectivity index (χ1n) is 7.19. The summed E-state index contributed by atoms with van der Waals surface area (Å²) in [7, 11) is 0. The molecule has 0 saturated carbocycles. The molecule has 1 aliphatic heterocycles. The number of ether oxygens (including phenoxy) is 1. The number of aromatic nitrogens is 1. The molecule has 21 heavy (non-hydrogen) atoms. The van der Waals surface area contributed by atoms with E-state index >= 15 is 0 Å². The SMILES string of the molecule is O=C(O)CC1(NC(=O)c2noc3c2CCCC3)CCOC1. The minimum atomic E-state index is -0.956. The van der Waals surface area contributed by atoms with Crippen LogP contribution < -0.4 is 5.32 Å². The van der Waals surface area contributed by atoms with Gasteiger partial charge in [0.1, 0.15) is 5.76 Å². The fourth-order valence-corrected chi connectivity index (χ4v) is 3.04. The van der Waals surface area contributed by atoms with Crippen molar-refractivity contribution in [2.75, 3.05) is 13.2 Å². The first-order valence-corrected chi connectivity index (χ1v) is 7.19. The first-order chi connectivity index (χ1) is 10.1. The van der Waals surface area contributed by atoms with Gasteiger partial charge in [0.25, 0.3) is 5.91 Å². The molecule has 2 aliphatic rings. The molecule has 1 saturated heterocycles. The number of carbonyl (C=O) groups is 2. The number of rotatable bonds is 4. The highest BCUT2D eigenvalue weighted by Gasteiger charge is 2.40. The highest BCUT2D eigenvalue weighted by molar-refractivity contribution is 5.94. The van der Waals surface area contributed by atoms with E-state index in [1.54, 1.807) is 0 Å². The second-order valence-electron chi connectivity index (χ2n) is 5.75. The van der Waals surface area contributed by atoms with Gasteiger partial charge in [-0.2, -0.15) is 0 Å². The second-order valence-corrected chi connectivity index (χ2v) is 5.75. The maximum absolute atomic E-state index is 12.4. The van der Waals surface area contributed by atoms with Crippen molar-refractivity contribution in [1.29, 1.82) is 0 Å². The standard InChI is InChI=1S/C14H18N2O5/c17-11(18)7-14(5-6-20-8-14)15-13(19)12-9-3-1-2-4-10(9)21-16-12/h1-8H2,(H,15,19)(H,17,18). The van der Waals surface area contributed by atoms with E-state index in [9.17, 15) is 9.59 Å². The zero-order valence-corrected chi connectivity index (χ0v) is 11.7. The van der Waals surface area contributed by atoms with Gasteiger partial charge < -0.3 is 19.7 Å². The first kappa shape index (κ1) is 14.1. The molecule has 0 aromatic carbocycles. The van der Waals surface area contributed by atoms with E-state index in [0.717, 1.165) is 37.0 Å². The van der Waals surface area contributed by atoms with Crippen molar-refractivity contribution < 1.29 is 24.0 Å². The van der Waals surface area contributed by atoms with E-state index in [1.165, 1.54) is 0 Å². The van der Waals surface area contributed by atoms with Gasteiger partial charge >= 0.3 is 5.97 Å². The van der Waals surface area contributed by atoms with Crippen molar-refractivity contribution in [1.82, 2.24) is 10.5 Å². The average molecular weight is 294 g/mol. The second kappa shape index (κ2) is 5.48. The molecule has 2 heterocycles. The fraction of sp³-hybridized carbons (Fsp3) is 0.643. The van der Waals surface area contributed by atoms with Gasteiger partial charge in [0.15, 0.2) is 5.69 Å². The number of hydrogen-bond donors (Lipinski definition) is 2. The van der Waals surface area contributed by atoms with Crippen molar-refractivity contribution in [2.45, 2.75) is 44.1 Å². The van der Waals surface area contributed by atoms with Crippen LogP contribution in [0.5, 0.6) is 0 Å². The summed E-state index contributed by atoms with van der Waals surface area (Å²) in [5.74, 6) is -0.544. The molecule has 1 aromatic heterocycles. The number of amides is 1. The van der Waals surface area contributed by atoms with Crippen LogP contribution in [-0.4, -0.2) is 40.9 Å². The van der Waals surface area contributed by atoms with E-state index in [-0.39, 0.29) is 18.9 Å². The lowest BCUT2D eigenvalue weighted by molar-refractivity contribution is -0.138. The molecular weight excluding hydrogens is 276 g/mol. The lowest BCUT2D eigenvalue weighted by Crippen LogP contribution is -2.50. The van der Waals surface area contributed by atoms with Crippen molar-refractivity contribution in [3.05, 3.63) is 17.0 Å². The third-order valence-electron chi connectivity index (χ3n) is 4.14. The molecule has 0 bridgehead atoms.